The Hall–Kier alpha value is -2.60. The van der Waals surface area contributed by atoms with Crippen molar-refractivity contribution < 1.29 is 0 Å². The number of aromatic nitrogens is 4. The third-order valence-electron chi connectivity index (χ3n) is 4.43. The van der Waals surface area contributed by atoms with Crippen LogP contribution in [0, 0.1) is 10.8 Å². The summed E-state index contributed by atoms with van der Waals surface area (Å²) in [6.07, 6.45) is 16.0. The second-order valence-corrected chi connectivity index (χ2v) is 14.6. The standard InChI is InChI=1S/C8H13N.C7H12N2.C7H11NS.C5H5N.C5H12/c1-8(2,3)7-5-4-6-9-7;1-7(2,3)9-5-4-8-6-9;1-7(2,3)6-8-4-5-9-6;1-2-4-6-5-3-1;1-5(2,3)4/h4,6H,5H2,1-3H3;4-6H,1-3H3;4-5H,1-3H3;1-5H;1-4H3. The van der Waals surface area contributed by atoms with Gasteiger partial charge in [0, 0.05) is 71.1 Å². The lowest BCUT2D eigenvalue weighted by molar-refractivity contribution is 0.396. The van der Waals surface area contributed by atoms with E-state index < -0.39 is 0 Å². The Labute approximate surface area is 237 Å². The molecule has 4 rings (SSSR count). The average Bonchev–Trinajstić information content (AvgIpc) is 3.58. The normalized spacial score (nSPS) is 12.8. The van der Waals surface area contributed by atoms with Crippen LogP contribution < -0.4 is 0 Å². The summed E-state index contributed by atoms with van der Waals surface area (Å²) in [6, 6.07) is 5.72. The maximum Gasteiger partial charge on any atom is 0.0978 e. The maximum atomic E-state index is 4.24. The van der Waals surface area contributed by atoms with Crippen molar-refractivity contribution in [1.82, 2.24) is 19.5 Å². The Morgan fingerprint density at radius 3 is 1.47 bits per heavy atom. The number of pyridine rings is 1. The van der Waals surface area contributed by atoms with E-state index in [9.17, 15) is 0 Å². The molecule has 0 amide bonds. The van der Waals surface area contributed by atoms with E-state index in [4.69, 9.17) is 0 Å². The van der Waals surface area contributed by atoms with Gasteiger partial charge in [-0.1, -0.05) is 81.4 Å². The summed E-state index contributed by atoms with van der Waals surface area (Å²) in [5.41, 5.74) is 2.47. The van der Waals surface area contributed by atoms with Crippen molar-refractivity contribution in [3.05, 3.63) is 78.2 Å². The summed E-state index contributed by atoms with van der Waals surface area (Å²) in [4.78, 5) is 16.2. The largest absolute Gasteiger partial charge is 0.332 e. The molecular weight excluding hydrogens is 486 g/mol. The molecule has 0 aromatic carbocycles. The lowest BCUT2D eigenvalue weighted by Crippen LogP contribution is -2.19. The zero-order valence-electron chi connectivity index (χ0n) is 26.3. The first kappa shape index (κ1) is 35.4. The molecule has 3 aromatic rings. The second kappa shape index (κ2) is 16.4. The first-order valence-electron chi connectivity index (χ1n) is 13.3. The Kier molecular flexibility index (Phi) is 15.3. The fourth-order valence-corrected chi connectivity index (χ4v) is 3.15. The predicted molar refractivity (Wildman–Crippen MR) is 168 cm³/mol. The van der Waals surface area contributed by atoms with E-state index in [2.05, 4.69) is 121 Å². The molecule has 1 aliphatic heterocycles. The average molecular weight is 540 g/mol. The number of hydrogen-bond donors (Lipinski definition) is 0. The minimum absolute atomic E-state index is 0.177. The van der Waals surface area contributed by atoms with Gasteiger partial charge in [-0.25, -0.2) is 9.97 Å². The molecule has 5 nitrogen and oxygen atoms in total. The second-order valence-electron chi connectivity index (χ2n) is 13.7. The van der Waals surface area contributed by atoms with Crippen LogP contribution in [0.25, 0.3) is 0 Å². The smallest absolute Gasteiger partial charge is 0.0978 e. The quantitative estimate of drug-likeness (QED) is 0.286. The summed E-state index contributed by atoms with van der Waals surface area (Å²) >= 11 is 1.72. The molecule has 6 heteroatoms. The lowest BCUT2D eigenvalue weighted by Gasteiger charge is -2.19. The number of thiazole rings is 1. The van der Waals surface area contributed by atoms with Gasteiger partial charge in [-0.2, -0.15) is 0 Å². The molecular formula is C32H53N5S. The van der Waals surface area contributed by atoms with E-state index in [0.29, 0.717) is 5.41 Å². The highest BCUT2D eigenvalue weighted by Crippen LogP contribution is 2.23. The van der Waals surface area contributed by atoms with Crippen LogP contribution in [0.1, 0.15) is 101 Å². The van der Waals surface area contributed by atoms with Gasteiger partial charge < -0.3 is 4.57 Å². The molecule has 0 bridgehead atoms. The lowest BCUT2D eigenvalue weighted by atomic mass is 9.89. The SMILES string of the molecule is CC(C)(C)C.CC(C)(C)C1=NC=CC1.CC(C)(C)c1nccs1.CC(C)(C)n1ccnc1.c1ccncc1. The van der Waals surface area contributed by atoms with E-state index in [1.807, 2.05) is 48.5 Å². The Bertz CT molecular complexity index is 930. The molecule has 0 spiro atoms. The monoisotopic (exact) mass is 539 g/mol. The van der Waals surface area contributed by atoms with Crippen LogP contribution in [0.5, 0.6) is 0 Å². The van der Waals surface area contributed by atoms with Crippen LogP contribution in [-0.2, 0) is 11.0 Å². The number of rotatable bonds is 0. The van der Waals surface area contributed by atoms with Gasteiger partial charge in [0.15, 0.2) is 0 Å². The number of imidazole rings is 1. The van der Waals surface area contributed by atoms with Crippen molar-refractivity contribution in [2.75, 3.05) is 0 Å². The summed E-state index contributed by atoms with van der Waals surface area (Å²) in [6.45, 7) is 28.3. The molecule has 0 saturated carbocycles. The highest BCUT2D eigenvalue weighted by molar-refractivity contribution is 7.09. The summed E-state index contributed by atoms with van der Waals surface area (Å²) < 4.78 is 2.08. The van der Waals surface area contributed by atoms with E-state index in [1.165, 1.54) is 10.7 Å². The highest BCUT2D eigenvalue weighted by atomic mass is 32.1. The van der Waals surface area contributed by atoms with Crippen LogP contribution in [0.3, 0.4) is 0 Å². The van der Waals surface area contributed by atoms with E-state index in [0.717, 1.165) is 6.42 Å². The van der Waals surface area contributed by atoms with Gasteiger partial charge in [-0.3, -0.25) is 9.98 Å². The molecule has 0 radical (unpaired) electrons. The Morgan fingerprint density at radius 2 is 1.29 bits per heavy atom. The van der Waals surface area contributed by atoms with Crippen LogP contribution >= 0.6 is 11.3 Å². The van der Waals surface area contributed by atoms with Crippen LogP contribution in [0.4, 0.5) is 0 Å². The first-order valence-corrected chi connectivity index (χ1v) is 14.2. The number of nitrogens with zero attached hydrogens (tertiary/aromatic N) is 5. The van der Waals surface area contributed by atoms with Crippen molar-refractivity contribution in [2.24, 2.45) is 15.8 Å². The van der Waals surface area contributed by atoms with Gasteiger partial charge in [0.05, 0.1) is 11.3 Å². The van der Waals surface area contributed by atoms with Crippen molar-refractivity contribution >= 4 is 17.0 Å². The van der Waals surface area contributed by atoms with Gasteiger partial charge in [0.1, 0.15) is 0 Å². The molecule has 4 heterocycles. The fraction of sp³-hybridized carbons (Fsp3) is 0.562. The zero-order valence-corrected chi connectivity index (χ0v) is 27.1. The molecule has 0 fully saturated rings. The Morgan fingerprint density at radius 1 is 0.711 bits per heavy atom. The Balaban J connectivity index is 0.000000459. The molecule has 1 aliphatic rings. The molecule has 38 heavy (non-hydrogen) atoms. The zero-order chi connectivity index (χ0) is 29.5. The molecule has 0 aliphatic carbocycles. The predicted octanol–water partition coefficient (Wildman–Crippen LogP) is 9.60. The fourth-order valence-electron chi connectivity index (χ4n) is 2.42. The topological polar surface area (TPSA) is 56.0 Å². The van der Waals surface area contributed by atoms with E-state index >= 15 is 0 Å². The van der Waals surface area contributed by atoms with Gasteiger partial charge in [0.25, 0.3) is 0 Å². The van der Waals surface area contributed by atoms with Crippen molar-refractivity contribution in [3.8, 4) is 0 Å². The highest BCUT2D eigenvalue weighted by Gasteiger charge is 2.18. The summed E-state index contributed by atoms with van der Waals surface area (Å²) in [5.74, 6) is 0. The van der Waals surface area contributed by atoms with Gasteiger partial charge in [0.2, 0.25) is 0 Å². The summed E-state index contributed by atoms with van der Waals surface area (Å²) in [7, 11) is 0. The molecule has 0 unspecified atom stereocenters. The number of hydrogen-bond acceptors (Lipinski definition) is 5. The first-order chi connectivity index (χ1) is 17.3. The van der Waals surface area contributed by atoms with Gasteiger partial charge >= 0.3 is 0 Å². The molecule has 0 atom stereocenters. The van der Waals surface area contributed by atoms with Gasteiger partial charge in [-0.15, -0.1) is 11.3 Å². The molecule has 212 valence electrons. The molecule has 0 N–H and O–H groups in total. The molecule has 3 aromatic heterocycles. The van der Waals surface area contributed by atoms with Gasteiger partial charge in [-0.05, 0) is 38.3 Å². The van der Waals surface area contributed by atoms with Crippen LogP contribution in [0.15, 0.2) is 78.2 Å². The minimum Gasteiger partial charge on any atom is -0.332 e. The number of aliphatic imine (C=N–C) groups is 1. The minimum atomic E-state index is 0.177. The van der Waals surface area contributed by atoms with Crippen molar-refractivity contribution in [1.29, 1.82) is 0 Å². The van der Waals surface area contributed by atoms with Crippen LogP contribution in [-0.4, -0.2) is 25.2 Å². The van der Waals surface area contributed by atoms with Crippen LogP contribution in [0.2, 0.25) is 0 Å². The summed E-state index contributed by atoms with van der Waals surface area (Å²) in [5, 5.41) is 3.23. The van der Waals surface area contributed by atoms with E-state index in [1.54, 1.807) is 29.9 Å². The third-order valence-corrected chi connectivity index (χ3v) is 5.63. The number of allylic oxidation sites excluding steroid dienone is 1. The third kappa shape index (κ3) is 19.5. The van der Waals surface area contributed by atoms with Crippen molar-refractivity contribution in [2.45, 2.75) is 107 Å². The molecule has 0 saturated heterocycles. The van der Waals surface area contributed by atoms with Crippen molar-refractivity contribution in [3.63, 3.8) is 0 Å². The maximum absolute atomic E-state index is 4.24. The van der Waals surface area contributed by atoms with E-state index in [-0.39, 0.29) is 16.4 Å².